The highest BCUT2D eigenvalue weighted by Gasteiger charge is 2.29. The summed E-state index contributed by atoms with van der Waals surface area (Å²) in [5.74, 6) is 1.61. The predicted octanol–water partition coefficient (Wildman–Crippen LogP) is 5.65. The van der Waals surface area contributed by atoms with Gasteiger partial charge in [-0.2, -0.15) is 0 Å². The minimum atomic E-state index is 0.697. The standard InChI is InChI=1S/C19H27N/c1-13(2)16-7-5-6-8-18(16)20-10-9-17-15(4)11-14(3)12-19(17)20/h9-13,16,18H,5-8H2,1-4H3. The van der Waals surface area contributed by atoms with Gasteiger partial charge in [-0.25, -0.2) is 0 Å². The first-order chi connectivity index (χ1) is 9.58. The lowest BCUT2D eigenvalue weighted by Crippen LogP contribution is -2.26. The third kappa shape index (κ3) is 2.28. The van der Waals surface area contributed by atoms with Gasteiger partial charge in [-0.05, 0) is 61.8 Å². The maximum absolute atomic E-state index is 2.58. The SMILES string of the molecule is Cc1cc(C)c2ccn(C3CCCCC3C(C)C)c2c1. The first-order valence-electron chi connectivity index (χ1n) is 8.15. The van der Waals surface area contributed by atoms with Crippen molar-refractivity contribution in [3.63, 3.8) is 0 Å². The molecule has 0 radical (unpaired) electrons. The van der Waals surface area contributed by atoms with Gasteiger partial charge in [-0.1, -0.05) is 32.8 Å². The van der Waals surface area contributed by atoms with Gasteiger partial charge in [-0.3, -0.25) is 0 Å². The first-order valence-corrected chi connectivity index (χ1v) is 8.15. The van der Waals surface area contributed by atoms with Crippen LogP contribution in [0.1, 0.15) is 56.7 Å². The molecule has 0 aliphatic heterocycles. The molecule has 108 valence electrons. The summed E-state index contributed by atoms with van der Waals surface area (Å²) in [5.41, 5.74) is 4.24. The molecule has 2 aromatic rings. The topological polar surface area (TPSA) is 4.93 Å². The molecule has 0 spiro atoms. The quantitative estimate of drug-likeness (QED) is 0.664. The number of rotatable bonds is 2. The van der Waals surface area contributed by atoms with Crippen molar-refractivity contribution >= 4 is 10.9 Å². The molecule has 0 N–H and O–H groups in total. The third-order valence-electron chi connectivity index (χ3n) is 5.18. The Morgan fingerprint density at radius 1 is 1.10 bits per heavy atom. The highest BCUT2D eigenvalue weighted by atomic mass is 15.0. The molecule has 1 aliphatic rings. The lowest BCUT2D eigenvalue weighted by Gasteiger charge is -2.36. The zero-order valence-corrected chi connectivity index (χ0v) is 13.3. The highest BCUT2D eigenvalue weighted by molar-refractivity contribution is 5.84. The monoisotopic (exact) mass is 269 g/mol. The van der Waals surface area contributed by atoms with E-state index in [9.17, 15) is 0 Å². The number of hydrogen-bond donors (Lipinski definition) is 0. The van der Waals surface area contributed by atoms with Gasteiger partial charge in [0.05, 0.1) is 0 Å². The molecule has 0 saturated heterocycles. The second kappa shape index (κ2) is 5.27. The average molecular weight is 269 g/mol. The van der Waals surface area contributed by atoms with Gasteiger partial charge in [0.25, 0.3) is 0 Å². The summed E-state index contributed by atoms with van der Waals surface area (Å²) in [4.78, 5) is 0. The second-order valence-electron chi connectivity index (χ2n) is 7.00. The van der Waals surface area contributed by atoms with E-state index < -0.39 is 0 Å². The van der Waals surface area contributed by atoms with E-state index in [0.29, 0.717) is 6.04 Å². The molecule has 1 nitrogen and oxygen atoms in total. The van der Waals surface area contributed by atoms with Crippen LogP contribution in [0.25, 0.3) is 10.9 Å². The molecule has 2 unspecified atom stereocenters. The van der Waals surface area contributed by atoms with E-state index >= 15 is 0 Å². The van der Waals surface area contributed by atoms with E-state index in [-0.39, 0.29) is 0 Å². The molecule has 3 rings (SSSR count). The maximum atomic E-state index is 2.58. The van der Waals surface area contributed by atoms with Crippen LogP contribution in [0.4, 0.5) is 0 Å². The Labute approximate surface area is 123 Å². The minimum Gasteiger partial charge on any atom is -0.344 e. The number of aromatic nitrogens is 1. The Balaban J connectivity index is 2.09. The molecule has 2 atom stereocenters. The largest absolute Gasteiger partial charge is 0.344 e. The van der Waals surface area contributed by atoms with Crippen LogP contribution in [0.2, 0.25) is 0 Å². The molecule has 1 aliphatic carbocycles. The second-order valence-corrected chi connectivity index (χ2v) is 7.00. The van der Waals surface area contributed by atoms with E-state index in [1.54, 1.807) is 0 Å². The number of hydrogen-bond acceptors (Lipinski definition) is 0. The molecule has 0 bridgehead atoms. The van der Waals surface area contributed by atoms with Crippen LogP contribution >= 0.6 is 0 Å². The summed E-state index contributed by atoms with van der Waals surface area (Å²) in [6.07, 6.45) is 7.88. The van der Waals surface area contributed by atoms with Crippen LogP contribution in [0.15, 0.2) is 24.4 Å². The van der Waals surface area contributed by atoms with Crippen molar-refractivity contribution in [1.29, 1.82) is 0 Å². The van der Waals surface area contributed by atoms with Crippen molar-refractivity contribution in [2.75, 3.05) is 0 Å². The number of nitrogens with zero attached hydrogens (tertiary/aromatic N) is 1. The van der Waals surface area contributed by atoms with E-state index in [1.165, 1.54) is 47.7 Å². The Kier molecular flexibility index (Phi) is 3.62. The van der Waals surface area contributed by atoms with E-state index in [4.69, 9.17) is 0 Å². The predicted molar refractivity (Wildman–Crippen MR) is 87.2 cm³/mol. The van der Waals surface area contributed by atoms with Crippen LogP contribution in [-0.4, -0.2) is 4.57 Å². The van der Waals surface area contributed by atoms with E-state index in [0.717, 1.165) is 11.8 Å². The van der Waals surface area contributed by atoms with Gasteiger partial charge in [0, 0.05) is 23.1 Å². The summed E-state index contributed by atoms with van der Waals surface area (Å²) in [6.45, 7) is 9.24. The lowest BCUT2D eigenvalue weighted by molar-refractivity contribution is 0.188. The van der Waals surface area contributed by atoms with E-state index in [1.807, 2.05) is 0 Å². The van der Waals surface area contributed by atoms with Crippen molar-refractivity contribution < 1.29 is 0 Å². The Morgan fingerprint density at radius 2 is 1.85 bits per heavy atom. The molecule has 1 fully saturated rings. The zero-order valence-electron chi connectivity index (χ0n) is 13.3. The fourth-order valence-corrected chi connectivity index (χ4v) is 4.17. The van der Waals surface area contributed by atoms with Crippen molar-refractivity contribution in [1.82, 2.24) is 4.57 Å². The highest BCUT2D eigenvalue weighted by Crippen LogP contribution is 2.40. The number of benzene rings is 1. The Morgan fingerprint density at radius 3 is 2.60 bits per heavy atom. The molecule has 20 heavy (non-hydrogen) atoms. The van der Waals surface area contributed by atoms with Crippen LogP contribution < -0.4 is 0 Å². The van der Waals surface area contributed by atoms with Gasteiger partial charge in [0.2, 0.25) is 0 Å². The van der Waals surface area contributed by atoms with Crippen LogP contribution in [0.3, 0.4) is 0 Å². The third-order valence-corrected chi connectivity index (χ3v) is 5.18. The Hall–Kier alpha value is -1.24. The Bertz CT molecular complexity index is 605. The number of fused-ring (bicyclic) bond motifs is 1. The van der Waals surface area contributed by atoms with Crippen LogP contribution in [0.5, 0.6) is 0 Å². The fraction of sp³-hybridized carbons (Fsp3) is 0.579. The molecule has 1 aromatic heterocycles. The molecule has 1 saturated carbocycles. The smallest absolute Gasteiger partial charge is 0.0488 e. The molecule has 1 aromatic carbocycles. The lowest BCUT2D eigenvalue weighted by atomic mass is 9.77. The molecular formula is C19H27N. The fourth-order valence-electron chi connectivity index (χ4n) is 4.17. The molecular weight excluding hydrogens is 242 g/mol. The zero-order chi connectivity index (χ0) is 14.3. The summed E-state index contributed by atoms with van der Waals surface area (Å²) >= 11 is 0. The van der Waals surface area contributed by atoms with Gasteiger partial charge in [0.15, 0.2) is 0 Å². The number of aryl methyl sites for hydroxylation is 2. The van der Waals surface area contributed by atoms with Gasteiger partial charge in [0.1, 0.15) is 0 Å². The van der Waals surface area contributed by atoms with Crippen molar-refractivity contribution in [2.24, 2.45) is 11.8 Å². The molecule has 1 heterocycles. The average Bonchev–Trinajstić information content (AvgIpc) is 2.82. The van der Waals surface area contributed by atoms with Crippen molar-refractivity contribution in [2.45, 2.75) is 59.4 Å². The van der Waals surface area contributed by atoms with E-state index in [2.05, 4.69) is 56.7 Å². The summed E-state index contributed by atoms with van der Waals surface area (Å²) in [6, 6.07) is 7.68. The van der Waals surface area contributed by atoms with Gasteiger partial charge >= 0.3 is 0 Å². The van der Waals surface area contributed by atoms with Crippen molar-refractivity contribution in [3.8, 4) is 0 Å². The van der Waals surface area contributed by atoms with Crippen molar-refractivity contribution in [3.05, 3.63) is 35.5 Å². The molecule has 0 amide bonds. The van der Waals surface area contributed by atoms with Crippen LogP contribution in [0, 0.1) is 25.7 Å². The first kappa shape index (κ1) is 13.7. The van der Waals surface area contributed by atoms with Gasteiger partial charge < -0.3 is 4.57 Å². The summed E-state index contributed by atoms with van der Waals surface area (Å²) in [7, 11) is 0. The summed E-state index contributed by atoms with van der Waals surface area (Å²) in [5, 5.41) is 1.43. The normalized spacial score (nSPS) is 23.6. The van der Waals surface area contributed by atoms with Gasteiger partial charge in [-0.15, -0.1) is 0 Å². The minimum absolute atomic E-state index is 0.697. The molecule has 1 heteroatoms. The van der Waals surface area contributed by atoms with Crippen LogP contribution in [-0.2, 0) is 0 Å². The maximum Gasteiger partial charge on any atom is 0.0488 e. The summed E-state index contributed by atoms with van der Waals surface area (Å²) < 4.78 is 2.58.